The summed E-state index contributed by atoms with van der Waals surface area (Å²) in [6.45, 7) is 1.49. The van der Waals surface area contributed by atoms with Gasteiger partial charge in [-0.2, -0.15) is 5.26 Å². The topological polar surface area (TPSA) is 78.2 Å². The third-order valence-electron chi connectivity index (χ3n) is 1.89. The minimum Gasteiger partial charge on any atom is -0.478 e. The number of benzene rings is 1. The van der Waals surface area contributed by atoms with Crippen molar-refractivity contribution in [3.63, 3.8) is 0 Å². The smallest absolute Gasteiger partial charge is 0.336 e. The molecule has 2 unspecified atom stereocenters. The summed E-state index contributed by atoms with van der Waals surface area (Å²) in [6.07, 6.45) is 0. The first-order valence-electron chi connectivity index (χ1n) is 4.30. The van der Waals surface area contributed by atoms with Gasteiger partial charge in [0.05, 0.1) is 27.3 Å². The van der Waals surface area contributed by atoms with Gasteiger partial charge < -0.3 is 5.11 Å². The number of halogens is 1. The predicted octanol–water partition coefficient (Wildman–Crippen LogP) is 2.17. The van der Waals surface area contributed by atoms with Crippen molar-refractivity contribution in [2.24, 2.45) is 0 Å². The van der Waals surface area contributed by atoms with E-state index in [1.165, 1.54) is 19.1 Å². The molecule has 0 radical (unpaired) electrons. The Morgan fingerprint density at radius 1 is 1.62 bits per heavy atom. The Morgan fingerprint density at radius 3 is 2.75 bits per heavy atom. The molecule has 0 fully saturated rings. The van der Waals surface area contributed by atoms with Gasteiger partial charge in [0.1, 0.15) is 5.25 Å². The van der Waals surface area contributed by atoms with E-state index >= 15 is 0 Å². The third kappa shape index (κ3) is 2.68. The lowest BCUT2D eigenvalue weighted by Gasteiger charge is -2.07. The highest BCUT2D eigenvalue weighted by molar-refractivity contribution is 9.10. The highest BCUT2D eigenvalue weighted by Gasteiger charge is 2.20. The van der Waals surface area contributed by atoms with E-state index in [9.17, 15) is 9.00 Å². The van der Waals surface area contributed by atoms with Crippen molar-refractivity contribution in [1.29, 1.82) is 5.26 Å². The van der Waals surface area contributed by atoms with Crippen LogP contribution in [0.2, 0.25) is 0 Å². The molecule has 84 valence electrons. The molecule has 0 saturated carbocycles. The van der Waals surface area contributed by atoms with E-state index < -0.39 is 22.0 Å². The first kappa shape index (κ1) is 12.9. The Bertz CT molecular complexity index is 495. The van der Waals surface area contributed by atoms with Gasteiger partial charge in [-0.1, -0.05) is 15.9 Å². The minimum absolute atomic E-state index is 0.0383. The minimum atomic E-state index is -1.64. The summed E-state index contributed by atoms with van der Waals surface area (Å²) >= 11 is 3.17. The lowest BCUT2D eigenvalue weighted by molar-refractivity contribution is 0.0693. The van der Waals surface area contributed by atoms with E-state index in [0.717, 1.165) is 0 Å². The molecule has 0 aliphatic rings. The average Bonchev–Trinajstić information content (AvgIpc) is 2.26. The van der Waals surface area contributed by atoms with Crippen LogP contribution in [-0.2, 0) is 10.8 Å². The highest BCUT2D eigenvalue weighted by Crippen LogP contribution is 2.22. The van der Waals surface area contributed by atoms with Crippen molar-refractivity contribution in [2.45, 2.75) is 17.1 Å². The second-order valence-electron chi connectivity index (χ2n) is 3.01. The van der Waals surface area contributed by atoms with Crippen LogP contribution < -0.4 is 0 Å². The van der Waals surface area contributed by atoms with Crippen LogP contribution in [-0.4, -0.2) is 20.5 Å². The van der Waals surface area contributed by atoms with Gasteiger partial charge in [0.15, 0.2) is 0 Å². The van der Waals surface area contributed by atoms with Gasteiger partial charge in [-0.25, -0.2) is 4.79 Å². The molecule has 0 aliphatic heterocycles. The second-order valence-corrected chi connectivity index (χ2v) is 5.67. The summed E-state index contributed by atoms with van der Waals surface area (Å²) < 4.78 is 12.5. The highest BCUT2D eigenvalue weighted by atomic mass is 79.9. The summed E-state index contributed by atoms with van der Waals surface area (Å²) in [5.74, 6) is -1.15. The largest absolute Gasteiger partial charge is 0.478 e. The molecule has 1 aromatic rings. The number of nitrogens with zero attached hydrogens (tertiary/aromatic N) is 1. The molecule has 0 spiro atoms. The van der Waals surface area contributed by atoms with E-state index in [1.807, 2.05) is 6.07 Å². The molecule has 1 rings (SSSR count). The number of rotatable bonds is 3. The fourth-order valence-corrected chi connectivity index (χ4v) is 2.68. The maximum Gasteiger partial charge on any atom is 0.336 e. The Morgan fingerprint density at radius 2 is 2.25 bits per heavy atom. The van der Waals surface area contributed by atoms with Crippen LogP contribution in [0, 0.1) is 11.3 Å². The zero-order chi connectivity index (χ0) is 12.3. The van der Waals surface area contributed by atoms with Crippen LogP contribution in [0.3, 0.4) is 0 Å². The molecule has 16 heavy (non-hydrogen) atoms. The maximum absolute atomic E-state index is 11.9. The van der Waals surface area contributed by atoms with E-state index in [-0.39, 0.29) is 10.5 Å². The van der Waals surface area contributed by atoms with Crippen LogP contribution in [0.15, 0.2) is 27.6 Å². The SMILES string of the molecule is CC(C#N)S(=O)c1cc(Br)ccc1C(=O)O. The van der Waals surface area contributed by atoms with E-state index in [1.54, 1.807) is 6.07 Å². The number of hydrogen-bond acceptors (Lipinski definition) is 3. The summed E-state index contributed by atoms with van der Waals surface area (Å²) in [6, 6.07) is 6.23. The van der Waals surface area contributed by atoms with Crippen LogP contribution in [0.5, 0.6) is 0 Å². The number of carbonyl (C=O) groups is 1. The number of hydrogen-bond donors (Lipinski definition) is 1. The molecule has 6 heteroatoms. The Kier molecular flexibility index (Phi) is 4.21. The van der Waals surface area contributed by atoms with Crippen LogP contribution >= 0.6 is 15.9 Å². The number of carboxylic acids is 1. The lowest BCUT2D eigenvalue weighted by atomic mass is 10.2. The van der Waals surface area contributed by atoms with Gasteiger partial charge in [0.25, 0.3) is 0 Å². The second kappa shape index (κ2) is 5.23. The van der Waals surface area contributed by atoms with Crippen molar-refractivity contribution in [1.82, 2.24) is 0 Å². The third-order valence-corrected chi connectivity index (χ3v) is 3.91. The number of nitriles is 1. The quantitative estimate of drug-likeness (QED) is 0.928. The number of carboxylic acid groups (broad SMARTS) is 1. The molecule has 1 N–H and O–H groups in total. The van der Waals surface area contributed by atoms with Gasteiger partial charge in [0, 0.05) is 4.47 Å². The Hall–Kier alpha value is -1.19. The molecule has 0 amide bonds. The zero-order valence-electron chi connectivity index (χ0n) is 8.31. The molecular weight excluding hydrogens is 294 g/mol. The molecule has 0 heterocycles. The fourth-order valence-electron chi connectivity index (χ4n) is 1.08. The zero-order valence-corrected chi connectivity index (χ0v) is 10.7. The average molecular weight is 302 g/mol. The van der Waals surface area contributed by atoms with Crippen LogP contribution in [0.25, 0.3) is 0 Å². The maximum atomic E-state index is 11.9. The molecule has 0 bridgehead atoms. The monoisotopic (exact) mass is 301 g/mol. The summed E-state index contributed by atoms with van der Waals surface area (Å²) in [5.41, 5.74) is -0.0383. The van der Waals surface area contributed by atoms with Crippen LogP contribution in [0.4, 0.5) is 0 Å². The van der Waals surface area contributed by atoms with E-state index in [4.69, 9.17) is 10.4 Å². The van der Waals surface area contributed by atoms with Gasteiger partial charge in [-0.3, -0.25) is 4.21 Å². The lowest BCUT2D eigenvalue weighted by Crippen LogP contribution is -2.12. The molecule has 0 aromatic heterocycles. The van der Waals surface area contributed by atoms with Crippen molar-refractivity contribution in [2.75, 3.05) is 0 Å². The van der Waals surface area contributed by atoms with Gasteiger partial charge in [-0.05, 0) is 25.1 Å². The van der Waals surface area contributed by atoms with Crippen LogP contribution in [0.1, 0.15) is 17.3 Å². The first-order valence-corrected chi connectivity index (χ1v) is 6.31. The van der Waals surface area contributed by atoms with Crippen molar-refractivity contribution < 1.29 is 14.1 Å². The summed E-state index contributed by atoms with van der Waals surface area (Å²) in [7, 11) is -1.64. The predicted molar refractivity (Wildman–Crippen MR) is 62.6 cm³/mol. The van der Waals surface area contributed by atoms with Crippen molar-refractivity contribution in [3.8, 4) is 6.07 Å². The Balaban J connectivity index is 3.31. The van der Waals surface area contributed by atoms with Crippen molar-refractivity contribution >= 4 is 32.7 Å². The Labute approximate surface area is 103 Å². The first-order chi connectivity index (χ1) is 7.47. The molecule has 2 atom stereocenters. The van der Waals surface area contributed by atoms with Crippen molar-refractivity contribution in [3.05, 3.63) is 28.2 Å². The molecule has 0 saturated heterocycles. The van der Waals surface area contributed by atoms with Gasteiger partial charge >= 0.3 is 5.97 Å². The van der Waals surface area contributed by atoms with Gasteiger partial charge in [-0.15, -0.1) is 0 Å². The summed E-state index contributed by atoms with van der Waals surface area (Å²) in [5, 5.41) is 16.8. The van der Waals surface area contributed by atoms with E-state index in [2.05, 4.69) is 15.9 Å². The molecule has 4 nitrogen and oxygen atoms in total. The van der Waals surface area contributed by atoms with Gasteiger partial charge in [0.2, 0.25) is 0 Å². The normalized spacial score (nSPS) is 13.8. The standard InChI is InChI=1S/C10H8BrNO3S/c1-6(5-12)16(15)9-4-7(11)2-3-8(9)10(13)14/h2-4,6H,1H3,(H,13,14). The molecule has 0 aliphatic carbocycles. The molecular formula is C10H8BrNO3S. The molecule has 1 aromatic carbocycles. The number of aromatic carboxylic acids is 1. The fraction of sp³-hybridized carbons (Fsp3) is 0.200. The summed E-state index contributed by atoms with van der Waals surface area (Å²) in [4.78, 5) is 11.1. The van der Waals surface area contributed by atoms with E-state index in [0.29, 0.717) is 4.47 Å².